The lowest BCUT2D eigenvalue weighted by Crippen LogP contribution is -2.44. The van der Waals surface area contributed by atoms with Gasteiger partial charge < -0.3 is 20.5 Å². The Kier molecular flexibility index (Phi) is 8.91. The molecule has 1 aliphatic rings. The van der Waals surface area contributed by atoms with Gasteiger partial charge in [-0.1, -0.05) is 18.2 Å². The predicted octanol–water partition coefficient (Wildman–Crippen LogP) is 2.56. The van der Waals surface area contributed by atoms with Crippen LogP contribution in [-0.2, 0) is 11.3 Å². The molecule has 160 valence electrons. The summed E-state index contributed by atoms with van der Waals surface area (Å²) in [5.41, 5.74) is 4.31. The van der Waals surface area contributed by atoms with Crippen molar-refractivity contribution in [2.24, 2.45) is 10.4 Å². The van der Waals surface area contributed by atoms with E-state index in [-0.39, 0.29) is 36.0 Å². The van der Waals surface area contributed by atoms with Crippen LogP contribution in [0.15, 0.2) is 35.3 Å². The quantitative estimate of drug-likeness (QED) is 0.301. The zero-order valence-electron chi connectivity index (χ0n) is 17.4. The molecule has 0 radical (unpaired) electrons. The molecule has 0 aliphatic carbocycles. The molecule has 3 rings (SSSR count). The van der Waals surface area contributed by atoms with Crippen molar-refractivity contribution in [2.45, 2.75) is 33.2 Å². The molecule has 1 aliphatic heterocycles. The van der Waals surface area contributed by atoms with E-state index >= 15 is 0 Å². The summed E-state index contributed by atoms with van der Waals surface area (Å²) in [5.74, 6) is 0.743. The molecule has 0 amide bonds. The molecule has 2 heterocycles. The number of rotatable bonds is 7. The molecule has 1 aromatic heterocycles. The second kappa shape index (κ2) is 10.9. The number of ether oxygens (including phenoxy) is 1. The van der Waals surface area contributed by atoms with Crippen LogP contribution in [-0.4, -0.2) is 54.3 Å². The number of nitrogens with one attached hydrogen (secondary N) is 2. The Morgan fingerprint density at radius 3 is 2.72 bits per heavy atom. The van der Waals surface area contributed by atoms with E-state index in [9.17, 15) is 5.11 Å². The fourth-order valence-corrected chi connectivity index (χ4v) is 3.72. The van der Waals surface area contributed by atoms with Crippen LogP contribution in [0.5, 0.6) is 0 Å². The molecule has 7 nitrogen and oxygen atoms in total. The van der Waals surface area contributed by atoms with Crippen LogP contribution >= 0.6 is 24.0 Å². The van der Waals surface area contributed by atoms with Crippen molar-refractivity contribution in [3.05, 3.63) is 47.3 Å². The summed E-state index contributed by atoms with van der Waals surface area (Å²) in [5, 5.41) is 20.8. The Bertz CT molecular complexity index is 815. The molecule has 0 saturated carbocycles. The number of para-hydroxylation sites is 1. The number of aryl methyl sites for hydroxylation is 2. The smallest absolute Gasteiger partial charge is 0.191 e. The third-order valence-electron chi connectivity index (χ3n) is 5.36. The van der Waals surface area contributed by atoms with E-state index in [0.29, 0.717) is 13.2 Å². The van der Waals surface area contributed by atoms with Gasteiger partial charge in [-0.05, 0) is 44.4 Å². The van der Waals surface area contributed by atoms with Crippen LogP contribution in [0, 0.1) is 19.3 Å². The fourth-order valence-electron chi connectivity index (χ4n) is 3.72. The third kappa shape index (κ3) is 5.93. The van der Waals surface area contributed by atoms with Gasteiger partial charge in [-0.25, -0.2) is 4.68 Å². The van der Waals surface area contributed by atoms with Gasteiger partial charge in [0, 0.05) is 44.5 Å². The highest BCUT2D eigenvalue weighted by Gasteiger charge is 2.34. The lowest BCUT2D eigenvalue weighted by molar-refractivity contribution is 0.127. The summed E-state index contributed by atoms with van der Waals surface area (Å²) in [6, 6.07) is 10.3. The Morgan fingerprint density at radius 1 is 1.31 bits per heavy atom. The molecular formula is C21H32IN5O2. The fraction of sp³-hybridized carbons (Fsp3) is 0.524. The maximum Gasteiger partial charge on any atom is 0.191 e. The van der Waals surface area contributed by atoms with Crippen LogP contribution in [0.3, 0.4) is 0 Å². The van der Waals surface area contributed by atoms with Crippen molar-refractivity contribution in [1.82, 2.24) is 20.4 Å². The van der Waals surface area contributed by atoms with Crippen molar-refractivity contribution in [1.29, 1.82) is 0 Å². The van der Waals surface area contributed by atoms with Crippen LogP contribution in [0.2, 0.25) is 0 Å². The number of aromatic nitrogens is 2. The van der Waals surface area contributed by atoms with E-state index in [1.807, 2.05) is 23.7 Å². The lowest BCUT2D eigenvalue weighted by atomic mass is 9.84. The van der Waals surface area contributed by atoms with Crippen molar-refractivity contribution in [2.75, 3.05) is 33.4 Å². The van der Waals surface area contributed by atoms with E-state index in [1.165, 1.54) is 0 Å². The number of nitrogens with zero attached hydrogens (tertiary/aromatic N) is 3. The minimum Gasteiger partial charge on any atom is -0.396 e. The second-order valence-electron chi connectivity index (χ2n) is 7.52. The molecule has 8 heteroatoms. The summed E-state index contributed by atoms with van der Waals surface area (Å²) in [7, 11) is 1.77. The van der Waals surface area contributed by atoms with Crippen LogP contribution in [0.25, 0.3) is 5.69 Å². The van der Waals surface area contributed by atoms with Crippen molar-refractivity contribution < 1.29 is 9.84 Å². The predicted molar refractivity (Wildman–Crippen MR) is 126 cm³/mol. The van der Waals surface area contributed by atoms with Crippen LogP contribution in [0.4, 0.5) is 0 Å². The van der Waals surface area contributed by atoms with E-state index < -0.39 is 0 Å². The molecule has 0 spiro atoms. The molecule has 1 atom stereocenters. The summed E-state index contributed by atoms with van der Waals surface area (Å²) in [6.45, 7) is 7.04. The Morgan fingerprint density at radius 2 is 2.10 bits per heavy atom. The molecular weight excluding hydrogens is 481 g/mol. The topological polar surface area (TPSA) is 83.7 Å². The number of hydrogen-bond donors (Lipinski definition) is 3. The van der Waals surface area contributed by atoms with Gasteiger partial charge in [0.2, 0.25) is 0 Å². The molecule has 29 heavy (non-hydrogen) atoms. The van der Waals surface area contributed by atoms with E-state index in [1.54, 1.807) is 7.05 Å². The minimum atomic E-state index is -0.0199. The zero-order chi connectivity index (χ0) is 20.0. The van der Waals surface area contributed by atoms with Gasteiger partial charge in [0.05, 0.1) is 18.0 Å². The monoisotopic (exact) mass is 513 g/mol. The van der Waals surface area contributed by atoms with Crippen molar-refractivity contribution in [3.8, 4) is 5.69 Å². The maximum absolute atomic E-state index is 9.39. The first-order valence-corrected chi connectivity index (χ1v) is 9.81. The first kappa shape index (κ1) is 23.6. The number of aliphatic hydroxyl groups is 1. The van der Waals surface area contributed by atoms with Gasteiger partial charge in [-0.2, -0.15) is 5.10 Å². The number of benzene rings is 1. The largest absolute Gasteiger partial charge is 0.396 e. The zero-order valence-corrected chi connectivity index (χ0v) is 19.8. The number of aliphatic hydroxyl groups excluding tert-OH is 1. The van der Waals surface area contributed by atoms with Crippen LogP contribution in [0.1, 0.15) is 29.8 Å². The lowest BCUT2D eigenvalue weighted by Gasteiger charge is -2.27. The highest BCUT2D eigenvalue weighted by molar-refractivity contribution is 14.0. The van der Waals surface area contributed by atoms with E-state index in [0.717, 1.165) is 54.6 Å². The molecule has 0 bridgehead atoms. The number of guanidine groups is 1. The summed E-state index contributed by atoms with van der Waals surface area (Å²) >= 11 is 0. The van der Waals surface area contributed by atoms with Crippen molar-refractivity contribution in [3.63, 3.8) is 0 Å². The van der Waals surface area contributed by atoms with E-state index in [2.05, 4.69) is 45.8 Å². The first-order valence-electron chi connectivity index (χ1n) is 9.81. The van der Waals surface area contributed by atoms with E-state index in [4.69, 9.17) is 4.74 Å². The SMILES string of the molecule is CN=C(NCc1ccccc1-n1nc(C)cc1C)NCC1(CCO)CCOC1.I. The Labute approximate surface area is 190 Å². The molecule has 1 unspecified atom stereocenters. The first-order chi connectivity index (χ1) is 13.6. The average Bonchev–Trinajstić information content (AvgIpc) is 3.29. The molecule has 2 aromatic rings. The normalized spacial score (nSPS) is 19.1. The third-order valence-corrected chi connectivity index (χ3v) is 5.36. The Balaban J connectivity index is 0.00000300. The van der Waals surface area contributed by atoms with Gasteiger partial charge in [0.1, 0.15) is 0 Å². The van der Waals surface area contributed by atoms with Gasteiger partial charge in [-0.3, -0.25) is 4.99 Å². The van der Waals surface area contributed by atoms with Crippen molar-refractivity contribution >= 4 is 29.9 Å². The highest BCUT2D eigenvalue weighted by Crippen LogP contribution is 2.31. The van der Waals surface area contributed by atoms with Gasteiger partial charge in [-0.15, -0.1) is 24.0 Å². The van der Waals surface area contributed by atoms with Gasteiger partial charge in [0.25, 0.3) is 0 Å². The molecule has 1 fully saturated rings. The standard InChI is InChI=1S/C21H31N5O2.HI/c1-16-12-17(2)26(25-16)19-7-5-4-6-18(19)13-23-20(22-3)24-14-21(8-10-27)9-11-28-15-21;/h4-7,12,27H,8-11,13-15H2,1-3H3,(H2,22,23,24);1H. The number of aliphatic imine (C=N–C) groups is 1. The van der Waals surface area contributed by atoms with Gasteiger partial charge in [0.15, 0.2) is 5.96 Å². The highest BCUT2D eigenvalue weighted by atomic mass is 127. The summed E-state index contributed by atoms with van der Waals surface area (Å²) in [6.07, 6.45) is 1.69. The second-order valence-corrected chi connectivity index (χ2v) is 7.52. The summed E-state index contributed by atoms with van der Waals surface area (Å²) in [4.78, 5) is 4.35. The molecule has 1 saturated heterocycles. The average molecular weight is 513 g/mol. The molecule has 1 aromatic carbocycles. The number of hydrogen-bond acceptors (Lipinski definition) is 4. The van der Waals surface area contributed by atoms with Crippen LogP contribution < -0.4 is 10.6 Å². The minimum absolute atomic E-state index is 0. The summed E-state index contributed by atoms with van der Waals surface area (Å²) < 4.78 is 7.55. The van der Waals surface area contributed by atoms with Gasteiger partial charge >= 0.3 is 0 Å². The Hall–Kier alpha value is -1.65. The number of halogens is 1. The molecule has 3 N–H and O–H groups in total. The maximum atomic E-state index is 9.39.